The fourth-order valence-corrected chi connectivity index (χ4v) is 3.78. The zero-order valence-corrected chi connectivity index (χ0v) is 11.0. The summed E-state index contributed by atoms with van der Waals surface area (Å²) >= 11 is 1.48. The molecule has 2 rings (SSSR count). The molecule has 0 saturated carbocycles. The molecule has 0 bridgehead atoms. The Morgan fingerprint density at radius 3 is 2.76 bits per heavy atom. The first-order chi connectivity index (χ1) is 8.09. The Bertz CT molecular complexity index is 438. The van der Waals surface area contributed by atoms with Gasteiger partial charge in [0.25, 0.3) is 10.2 Å². The van der Waals surface area contributed by atoms with E-state index in [1.54, 1.807) is 6.07 Å². The molecule has 2 N–H and O–H groups in total. The largest absolute Gasteiger partial charge is 0.387 e. The van der Waals surface area contributed by atoms with E-state index in [1.165, 1.54) is 15.6 Å². The lowest BCUT2D eigenvalue weighted by Crippen LogP contribution is -2.40. The lowest BCUT2D eigenvalue weighted by atomic mass is 10.2. The van der Waals surface area contributed by atoms with Gasteiger partial charge in [0.15, 0.2) is 0 Å². The highest BCUT2D eigenvalue weighted by Gasteiger charge is 2.25. The standard InChI is InChI=1S/C10H16N2O3S2/c13-10(9-3-6-16-8-9)7-11-17(14,15)12-4-1-2-5-12/h3,6,8,10-11,13H,1-2,4-5,7H2. The third-order valence-electron chi connectivity index (χ3n) is 2.79. The Hall–Kier alpha value is -0.470. The summed E-state index contributed by atoms with van der Waals surface area (Å²) in [6.07, 6.45) is 1.04. The molecule has 0 aromatic carbocycles. The van der Waals surface area contributed by atoms with Crippen LogP contribution in [-0.2, 0) is 10.2 Å². The predicted octanol–water partition coefficient (Wildman–Crippen LogP) is 0.712. The molecule has 0 aliphatic carbocycles. The maximum absolute atomic E-state index is 11.8. The summed E-state index contributed by atoms with van der Waals surface area (Å²) in [6.45, 7) is 1.17. The second-order valence-corrected chi connectivity index (χ2v) is 6.57. The van der Waals surface area contributed by atoms with Crippen LogP contribution in [0.5, 0.6) is 0 Å². The van der Waals surface area contributed by atoms with Crippen LogP contribution in [0.2, 0.25) is 0 Å². The van der Waals surface area contributed by atoms with E-state index in [4.69, 9.17) is 0 Å². The third-order valence-corrected chi connectivity index (χ3v) is 5.07. The van der Waals surface area contributed by atoms with Gasteiger partial charge >= 0.3 is 0 Å². The van der Waals surface area contributed by atoms with Crippen molar-refractivity contribution >= 4 is 21.5 Å². The van der Waals surface area contributed by atoms with Crippen molar-refractivity contribution < 1.29 is 13.5 Å². The molecule has 2 heterocycles. The minimum absolute atomic E-state index is 0.0234. The second-order valence-electron chi connectivity index (χ2n) is 4.03. The first-order valence-electron chi connectivity index (χ1n) is 5.54. The van der Waals surface area contributed by atoms with Crippen molar-refractivity contribution in [3.05, 3.63) is 22.4 Å². The molecule has 1 aliphatic heterocycles. The van der Waals surface area contributed by atoms with Gasteiger partial charge in [0, 0.05) is 19.6 Å². The molecule has 17 heavy (non-hydrogen) atoms. The van der Waals surface area contributed by atoms with Crippen molar-refractivity contribution in [2.45, 2.75) is 18.9 Å². The van der Waals surface area contributed by atoms with E-state index in [1.807, 2.05) is 10.8 Å². The third kappa shape index (κ3) is 3.26. The molecule has 1 aromatic heterocycles. The number of aliphatic hydroxyl groups excluding tert-OH is 1. The zero-order chi connectivity index (χ0) is 12.3. The van der Waals surface area contributed by atoms with Gasteiger partial charge in [0.2, 0.25) is 0 Å². The molecule has 0 amide bonds. The zero-order valence-electron chi connectivity index (χ0n) is 9.37. The fourth-order valence-electron chi connectivity index (χ4n) is 1.79. The lowest BCUT2D eigenvalue weighted by Gasteiger charge is -2.17. The average molecular weight is 276 g/mol. The Labute approximate surface area is 105 Å². The summed E-state index contributed by atoms with van der Waals surface area (Å²) in [5, 5.41) is 13.4. The molecule has 0 spiro atoms. The van der Waals surface area contributed by atoms with Crippen molar-refractivity contribution in [1.29, 1.82) is 0 Å². The molecular formula is C10H16N2O3S2. The number of hydrogen-bond acceptors (Lipinski definition) is 4. The van der Waals surface area contributed by atoms with E-state index in [9.17, 15) is 13.5 Å². The second kappa shape index (κ2) is 5.45. The Morgan fingerprint density at radius 2 is 2.18 bits per heavy atom. The van der Waals surface area contributed by atoms with Crippen LogP contribution < -0.4 is 4.72 Å². The quantitative estimate of drug-likeness (QED) is 0.832. The van der Waals surface area contributed by atoms with Crippen molar-refractivity contribution in [2.75, 3.05) is 19.6 Å². The van der Waals surface area contributed by atoms with Crippen molar-refractivity contribution in [2.24, 2.45) is 0 Å². The van der Waals surface area contributed by atoms with Crippen molar-refractivity contribution in [3.8, 4) is 0 Å². The van der Waals surface area contributed by atoms with Gasteiger partial charge in [-0.3, -0.25) is 0 Å². The molecule has 1 fully saturated rings. The highest BCUT2D eigenvalue weighted by Crippen LogP contribution is 2.16. The summed E-state index contributed by atoms with van der Waals surface area (Å²) in [6, 6.07) is 1.79. The summed E-state index contributed by atoms with van der Waals surface area (Å²) in [5.41, 5.74) is 0.749. The van der Waals surface area contributed by atoms with Gasteiger partial charge in [0.05, 0.1) is 6.10 Å². The van der Waals surface area contributed by atoms with Gasteiger partial charge in [-0.25, -0.2) is 0 Å². The summed E-state index contributed by atoms with van der Waals surface area (Å²) in [7, 11) is -3.42. The summed E-state index contributed by atoms with van der Waals surface area (Å²) in [4.78, 5) is 0. The molecule has 96 valence electrons. The maximum atomic E-state index is 11.8. The number of nitrogens with one attached hydrogen (secondary N) is 1. The molecule has 1 aliphatic rings. The van der Waals surface area contributed by atoms with Gasteiger partial charge < -0.3 is 5.11 Å². The molecule has 1 atom stereocenters. The van der Waals surface area contributed by atoms with Crippen molar-refractivity contribution in [1.82, 2.24) is 9.03 Å². The average Bonchev–Trinajstić information content (AvgIpc) is 2.97. The number of rotatable bonds is 5. The number of hydrogen-bond donors (Lipinski definition) is 2. The molecule has 1 unspecified atom stereocenters. The highest BCUT2D eigenvalue weighted by atomic mass is 32.2. The summed E-state index contributed by atoms with van der Waals surface area (Å²) in [5.74, 6) is 0. The normalized spacial score (nSPS) is 19.6. The Morgan fingerprint density at radius 1 is 1.47 bits per heavy atom. The predicted molar refractivity (Wildman–Crippen MR) is 67.0 cm³/mol. The highest BCUT2D eigenvalue weighted by molar-refractivity contribution is 7.87. The van der Waals surface area contributed by atoms with E-state index < -0.39 is 16.3 Å². The van der Waals surface area contributed by atoms with Crippen LogP contribution in [0.1, 0.15) is 24.5 Å². The van der Waals surface area contributed by atoms with Crippen LogP contribution in [0.3, 0.4) is 0 Å². The van der Waals surface area contributed by atoms with Gasteiger partial charge in [-0.1, -0.05) is 0 Å². The monoisotopic (exact) mass is 276 g/mol. The molecule has 0 radical (unpaired) electrons. The van der Waals surface area contributed by atoms with Crippen LogP contribution in [0.4, 0.5) is 0 Å². The van der Waals surface area contributed by atoms with E-state index in [-0.39, 0.29) is 6.54 Å². The van der Waals surface area contributed by atoms with Crippen LogP contribution in [0, 0.1) is 0 Å². The first kappa shape index (κ1) is 13.0. The van der Waals surface area contributed by atoms with Gasteiger partial charge in [-0.2, -0.15) is 28.8 Å². The first-order valence-corrected chi connectivity index (χ1v) is 7.93. The number of aliphatic hydroxyl groups is 1. The van der Waals surface area contributed by atoms with Crippen LogP contribution in [-0.4, -0.2) is 37.5 Å². The van der Waals surface area contributed by atoms with Crippen molar-refractivity contribution in [3.63, 3.8) is 0 Å². The maximum Gasteiger partial charge on any atom is 0.279 e. The van der Waals surface area contributed by atoms with E-state index in [0.29, 0.717) is 13.1 Å². The Balaban J connectivity index is 1.89. The molecule has 7 heteroatoms. The molecular weight excluding hydrogens is 260 g/mol. The van der Waals surface area contributed by atoms with Gasteiger partial charge in [0.1, 0.15) is 0 Å². The molecule has 1 aromatic rings. The topological polar surface area (TPSA) is 69.6 Å². The van der Waals surface area contributed by atoms with Gasteiger partial charge in [-0.15, -0.1) is 0 Å². The van der Waals surface area contributed by atoms with Gasteiger partial charge in [-0.05, 0) is 35.2 Å². The van der Waals surface area contributed by atoms with Crippen LogP contribution in [0.25, 0.3) is 0 Å². The van der Waals surface area contributed by atoms with Crippen LogP contribution >= 0.6 is 11.3 Å². The van der Waals surface area contributed by atoms with E-state index in [2.05, 4.69) is 4.72 Å². The molecule has 1 saturated heterocycles. The fraction of sp³-hybridized carbons (Fsp3) is 0.600. The smallest absolute Gasteiger partial charge is 0.279 e. The SMILES string of the molecule is O=S(=O)(NCC(O)c1ccsc1)N1CCCC1. The number of thiophene rings is 1. The lowest BCUT2D eigenvalue weighted by molar-refractivity contribution is 0.181. The number of nitrogens with zero attached hydrogens (tertiary/aromatic N) is 1. The Kier molecular flexibility index (Phi) is 4.16. The van der Waals surface area contributed by atoms with E-state index >= 15 is 0 Å². The minimum atomic E-state index is -3.42. The van der Waals surface area contributed by atoms with Crippen LogP contribution in [0.15, 0.2) is 16.8 Å². The van der Waals surface area contributed by atoms with E-state index in [0.717, 1.165) is 18.4 Å². The minimum Gasteiger partial charge on any atom is -0.387 e. The molecule has 5 nitrogen and oxygen atoms in total. The summed E-state index contributed by atoms with van der Waals surface area (Å²) < 4.78 is 27.5.